The number of ether oxygens (including phenoxy) is 1. The minimum Gasteiger partial charge on any atom is -0.380 e. The van der Waals surface area contributed by atoms with E-state index < -0.39 is 0 Å². The third-order valence-corrected chi connectivity index (χ3v) is 3.86. The van der Waals surface area contributed by atoms with Crippen molar-refractivity contribution in [3.8, 4) is 0 Å². The molecule has 0 spiro atoms. The van der Waals surface area contributed by atoms with Gasteiger partial charge in [0, 0.05) is 30.3 Å². The maximum Gasteiger partial charge on any atom is 0.0645 e. The van der Waals surface area contributed by atoms with Crippen LogP contribution in [-0.4, -0.2) is 31.4 Å². The largest absolute Gasteiger partial charge is 0.380 e. The number of nitrogens with one attached hydrogen (secondary N) is 1. The monoisotopic (exact) mass is 288 g/mol. The summed E-state index contributed by atoms with van der Waals surface area (Å²) in [5, 5.41) is 4.61. The van der Waals surface area contributed by atoms with Gasteiger partial charge in [0.2, 0.25) is 0 Å². The number of aromatic nitrogens is 1. The highest BCUT2D eigenvalue weighted by molar-refractivity contribution is 5.83. The molecule has 0 aliphatic rings. The first-order valence-corrected chi connectivity index (χ1v) is 8.16. The lowest BCUT2D eigenvalue weighted by molar-refractivity contribution is 0.124. The van der Waals surface area contributed by atoms with Crippen LogP contribution in [0, 0.1) is 0 Å². The summed E-state index contributed by atoms with van der Waals surface area (Å²) in [7, 11) is 2.01. The maximum absolute atomic E-state index is 5.70. The van der Waals surface area contributed by atoms with Gasteiger partial charge in [-0.15, -0.1) is 0 Å². The molecule has 0 bridgehead atoms. The van der Waals surface area contributed by atoms with Crippen LogP contribution in [0.4, 0.5) is 0 Å². The van der Waals surface area contributed by atoms with Crippen molar-refractivity contribution in [1.29, 1.82) is 0 Å². The average Bonchev–Trinajstić information content (AvgIpc) is 2.86. The standard InChI is InChI=1S/C18H28N2O/c1-3-4-13-21-14-12-20-15-16(8-7-11-19-2)17-9-5-6-10-18(17)20/h5-6,9-10,15,19H,3-4,7-8,11-14H2,1-2H3. The quantitative estimate of drug-likeness (QED) is 0.676. The van der Waals surface area contributed by atoms with Crippen molar-refractivity contribution in [3.05, 3.63) is 36.0 Å². The van der Waals surface area contributed by atoms with Gasteiger partial charge in [-0.1, -0.05) is 31.5 Å². The second-order valence-corrected chi connectivity index (χ2v) is 5.54. The van der Waals surface area contributed by atoms with Crippen LogP contribution in [-0.2, 0) is 17.7 Å². The van der Waals surface area contributed by atoms with E-state index in [0.29, 0.717) is 0 Å². The van der Waals surface area contributed by atoms with E-state index in [4.69, 9.17) is 4.74 Å². The number of hydrogen-bond donors (Lipinski definition) is 1. The van der Waals surface area contributed by atoms with Crippen LogP contribution in [0.25, 0.3) is 10.9 Å². The fourth-order valence-corrected chi connectivity index (χ4v) is 2.67. The topological polar surface area (TPSA) is 26.2 Å². The normalized spacial score (nSPS) is 11.3. The van der Waals surface area contributed by atoms with E-state index in [0.717, 1.165) is 39.1 Å². The van der Waals surface area contributed by atoms with E-state index in [1.54, 1.807) is 0 Å². The second-order valence-electron chi connectivity index (χ2n) is 5.54. The molecule has 1 aromatic carbocycles. The minimum atomic E-state index is 0.800. The Morgan fingerprint density at radius 2 is 2.00 bits per heavy atom. The molecule has 0 unspecified atom stereocenters. The molecule has 0 aliphatic carbocycles. The molecule has 0 fully saturated rings. The second kappa shape index (κ2) is 8.85. The van der Waals surface area contributed by atoms with Gasteiger partial charge in [-0.25, -0.2) is 0 Å². The smallest absolute Gasteiger partial charge is 0.0645 e. The predicted molar refractivity (Wildman–Crippen MR) is 89.9 cm³/mol. The van der Waals surface area contributed by atoms with Crippen LogP contribution in [0.2, 0.25) is 0 Å². The van der Waals surface area contributed by atoms with Crippen LogP contribution >= 0.6 is 0 Å². The summed E-state index contributed by atoms with van der Waals surface area (Å²) in [6.45, 7) is 5.88. The van der Waals surface area contributed by atoms with Crippen LogP contribution in [0.15, 0.2) is 30.5 Å². The molecule has 2 aromatic rings. The highest BCUT2D eigenvalue weighted by Gasteiger charge is 2.07. The van der Waals surface area contributed by atoms with Gasteiger partial charge >= 0.3 is 0 Å². The molecular formula is C18H28N2O. The SMILES string of the molecule is CCCCOCCn1cc(CCCNC)c2ccccc21. The summed E-state index contributed by atoms with van der Waals surface area (Å²) in [6, 6.07) is 8.70. The van der Waals surface area contributed by atoms with Gasteiger partial charge in [-0.05, 0) is 44.5 Å². The molecule has 0 radical (unpaired) electrons. The van der Waals surface area contributed by atoms with Crippen LogP contribution in [0.5, 0.6) is 0 Å². The summed E-state index contributed by atoms with van der Waals surface area (Å²) < 4.78 is 8.05. The molecule has 2 rings (SSSR count). The molecule has 1 aromatic heterocycles. The van der Waals surface area contributed by atoms with Gasteiger partial charge in [-0.2, -0.15) is 0 Å². The summed E-state index contributed by atoms with van der Waals surface area (Å²) in [5.41, 5.74) is 2.78. The molecule has 0 amide bonds. The lowest BCUT2D eigenvalue weighted by Crippen LogP contribution is -2.08. The Hall–Kier alpha value is -1.32. The predicted octanol–water partition coefficient (Wildman–Crippen LogP) is 3.61. The Kier molecular flexibility index (Phi) is 6.77. The molecular weight excluding hydrogens is 260 g/mol. The summed E-state index contributed by atoms with van der Waals surface area (Å²) in [4.78, 5) is 0. The molecule has 116 valence electrons. The highest BCUT2D eigenvalue weighted by Crippen LogP contribution is 2.22. The van der Waals surface area contributed by atoms with Gasteiger partial charge in [0.15, 0.2) is 0 Å². The van der Waals surface area contributed by atoms with Crippen LogP contribution in [0.1, 0.15) is 31.7 Å². The fourth-order valence-electron chi connectivity index (χ4n) is 2.67. The van der Waals surface area contributed by atoms with E-state index in [9.17, 15) is 0 Å². The van der Waals surface area contributed by atoms with E-state index in [1.165, 1.54) is 29.3 Å². The van der Waals surface area contributed by atoms with E-state index in [2.05, 4.69) is 47.3 Å². The van der Waals surface area contributed by atoms with Crippen molar-refractivity contribution in [1.82, 2.24) is 9.88 Å². The van der Waals surface area contributed by atoms with Crippen molar-refractivity contribution in [2.75, 3.05) is 26.8 Å². The Labute approximate surface area is 128 Å². The zero-order chi connectivity index (χ0) is 14.9. The highest BCUT2D eigenvalue weighted by atomic mass is 16.5. The van der Waals surface area contributed by atoms with Crippen molar-refractivity contribution in [2.45, 2.75) is 39.2 Å². The lowest BCUT2D eigenvalue weighted by atomic mass is 10.1. The van der Waals surface area contributed by atoms with Crippen molar-refractivity contribution >= 4 is 10.9 Å². The van der Waals surface area contributed by atoms with E-state index in [1.807, 2.05) is 7.05 Å². The maximum atomic E-state index is 5.70. The Morgan fingerprint density at radius 1 is 1.14 bits per heavy atom. The van der Waals surface area contributed by atoms with E-state index in [-0.39, 0.29) is 0 Å². The third kappa shape index (κ3) is 4.58. The molecule has 0 saturated heterocycles. The molecule has 0 aliphatic heterocycles. The summed E-state index contributed by atoms with van der Waals surface area (Å²) in [5.74, 6) is 0. The lowest BCUT2D eigenvalue weighted by Gasteiger charge is -2.06. The number of benzene rings is 1. The Bertz CT molecular complexity index is 533. The zero-order valence-electron chi connectivity index (χ0n) is 13.4. The van der Waals surface area contributed by atoms with Crippen LogP contribution in [0.3, 0.4) is 0 Å². The Balaban J connectivity index is 2.01. The van der Waals surface area contributed by atoms with Gasteiger partial charge in [0.1, 0.15) is 0 Å². The van der Waals surface area contributed by atoms with Crippen molar-refractivity contribution < 1.29 is 4.74 Å². The van der Waals surface area contributed by atoms with Crippen molar-refractivity contribution in [3.63, 3.8) is 0 Å². The van der Waals surface area contributed by atoms with Gasteiger partial charge in [0.05, 0.1) is 6.61 Å². The molecule has 1 N–H and O–H groups in total. The average molecular weight is 288 g/mol. The third-order valence-electron chi connectivity index (χ3n) is 3.86. The molecule has 0 saturated carbocycles. The molecule has 3 nitrogen and oxygen atoms in total. The Morgan fingerprint density at radius 3 is 2.81 bits per heavy atom. The number of para-hydroxylation sites is 1. The van der Waals surface area contributed by atoms with E-state index >= 15 is 0 Å². The number of hydrogen-bond acceptors (Lipinski definition) is 2. The number of rotatable bonds is 10. The summed E-state index contributed by atoms with van der Waals surface area (Å²) in [6.07, 6.45) is 6.97. The number of nitrogens with zero attached hydrogens (tertiary/aromatic N) is 1. The van der Waals surface area contributed by atoms with Crippen LogP contribution < -0.4 is 5.32 Å². The molecule has 1 heterocycles. The first kappa shape index (κ1) is 16.1. The first-order chi connectivity index (χ1) is 10.4. The number of aryl methyl sites for hydroxylation is 1. The van der Waals surface area contributed by atoms with Gasteiger partial charge in [0.25, 0.3) is 0 Å². The molecule has 3 heteroatoms. The molecule has 21 heavy (non-hydrogen) atoms. The van der Waals surface area contributed by atoms with Gasteiger partial charge < -0.3 is 14.6 Å². The number of unbranched alkanes of at least 4 members (excludes halogenated alkanes) is 1. The summed E-state index contributed by atoms with van der Waals surface area (Å²) >= 11 is 0. The first-order valence-electron chi connectivity index (χ1n) is 8.16. The fraction of sp³-hybridized carbons (Fsp3) is 0.556. The zero-order valence-corrected chi connectivity index (χ0v) is 13.4. The minimum absolute atomic E-state index is 0.800. The molecule has 0 atom stereocenters. The van der Waals surface area contributed by atoms with Gasteiger partial charge in [-0.3, -0.25) is 0 Å². The number of fused-ring (bicyclic) bond motifs is 1. The van der Waals surface area contributed by atoms with Crippen molar-refractivity contribution in [2.24, 2.45) is 0 Å².